The molecule has 1 saturated carbocycles. The number of fused-ring (bicyclic) bond motifs is 2. The molecular weight excluding hydrogens is 539 g/mol. The molecule has 5 aromatic rings. The number of amides is 1. The Balaban J connectivity index is 1.32. The summed E-state index contributed by atoms with van der Waals surface area (Å²) >= 11 is -0.857. The van der Waals surface area contributed by atoms with Gasteiger partial charge in [0, 0.05) is 52.4 Å². The van der Waals surface area contributed by atoms with Gasteiger partial charge in [0.05, 0.1) is 23.8 Å². The van der Waals surface area contributed by atoms with Crippen LogP contribution in [0.1, 0.15) is 47.7 Å². The lowest BCUT2D eigenvalue weighted by atomic mass is 9.89. The smallest absolute Gasteiger partial charge is 0.251 e. The molecular formula is C32H31FN4O3S. The average Bonchev–Trinajstić information content (AvgIpc) is 3.67. The SMILES string of the molecule is O=C(NCC[S+]([O-])C1CC1)c1ccc(-c2c(C3CCOCC3)n(-c3ccc(F)cc3)c3cc4cn[nH]c4cc23)cc1. The number of benzene rings is 3. The highest BCUT2D eigenvalue weighted by Gasteiger charge is 2.33. The number of hydrogen-bond acceptors (Lipinski definition) is 4. The monoisotopic (exact) mass is 570 g/mol. The summed E-state index contributed by atoms with van der Waals surface area (Å²) in [6, 6.07) is 18.6. The van der Waals surface area contributed by atoms with E-state index >= 15 is 0 Å². The summed E-state index contributed by atoms with van der Waals surface area (Å²) in [4.78, 5) is 12.8. The Hall–Kier alpha value is -3.66. The lowest BCUT2D eigenvalue weighted by Gasteiger charge is -2.26. The highest BCUT2D eigenvalue weighted by atomic mass is 32.2. The van der Waals surface area contributed by atoms with Crippen LogP contribution in [0.15, 0.2) is 66.9 Å². The van der Waals surface area contributed by atoms with E-state index in [0.717, 1.165) is 70.0 Å². The van der Waals surface area contributed by atoms with Gasteiger partial charge in [0.1, 0.15) is 16.8 Å². The van der Waals surface area contributed by atoms with Crippen molar-refractivity contribution in [3.8, 4) is 16.8 Å². The molecule has 0 bridgehead atoms. The third kappa shape index (κ3) is 5.14. The lowest BCUT2D eigenvalue weighted by Crippen LogP contribution is -2.30. The van der Waals surface area contributed by atoms with E-state index in [1.54, 1.807) is 0 Å². The number of nitrogens with one attached hydrogen (secondary N) is 2. The van der Waals surface area contributed by atoms with E-state index in [0.29, 0.717) is 36.3 Å². The molecule has 1 atom stereocenters. The summed E-state index contributed by atoms with van der Waals surface area (Å²) < 4.78 is 34.1. The van der Waals surface area contributed by atoms with Gasteiger partial charge in [-0.1, -0.05) is 12.1 Å². The summed E-state index contributed by atoms with van der Waals surface area (Å²) in [6.07, 6.45) is 5.64. The van der Waals surface area contributed by atoms with Crippen LogP contribution in [0, 0.1) is 5.82 Å². The predicted octanol–water partition coefficient (Wildman–Crippen LogP) is 5.85. The molecule has 1 aliphatic carbocycles. The molecule has 1 amide bonds. The second kappa shape index (κ2) is 11.0. The highest BCUT2D eigenvalue weighted by Crippen LogP contribution is 2.44. The first kappa shape index (κ1) is 26.3. The zero-order valence-electron chi connectivity index (χ0n) is 22.6. The van der Waals surface area contributed by atoms with Gasteiger partial charge in [-0.25, -0.2) is 4.39 Å². The number of aromatic nitrogens is 3. The molecule has 9 heteroatoms. The number of halogens is 1. The third-order valence-corrected chi connectivity index (χ3v) is 10.00. The van der Waals surface area contributed by atoms with Crippen molar-refractivity contribution in [1.29, 1.82) is 0 Å². The predicted molar refractivity (Wildman–Crippen MR) is 159 cm³/mol. The van der Waals surface area contributed by atoms with Crippen LogP contribution in [0.25, 0.3) is 38.6 Å². The van der Waals surface area contributed by atoms with Gasteiger partial charge in [0.25, 0.3) is 5.91 Å². The molecule has 2 N–H and O–H groups in total. The number of ether oxygens (including phenoxy) is 1. The summed E-state index contributed by atoms with van der Waals surface area (Å²) in [5.74, 6) is 0.293. The van der Waals surface area contributed by atoms with Gasteiger partial charge in [0.2, 0.25) is 0 Å². The molecule has 7 rings (SSSR count). The Morgan fingerprint density at radius 1 is 1.07 bits per heavy atom. The van der Waals surface area contributed by atoms with E-state index in [2.05, 4.69) is 32.2 Å². The van der Waals surface area contributed by atoms with Gasteiger partial charge >= 0.3 is 0 Å². The van der Waals surface area contributed by atoms with Crippen molar-refractivity contribution in [1.82, 2.24) is 20.1 Å². The molecule has 2 fully saturated rings. The average molecular weight is 571 g/mol. The molecule has 2 aliphatic rings. The fourth-order valence-corrected chi connectivity index (χ4v) is 7.23. The standard InChI is InChI=1S/C32H31FN4O3S/c33-24-5-7-25(8-6-24)37-29-17-23-19-35-36-28(23)18-27(29)30(31(37)21-11-14-40-15-12-21)20-1-3-22(4-2-20)32(38)34-13-16-41(39)26-9-10-26/h1-8,17-19,21,26H,9-16H2,(H,34,38)(H,35,36). The van der Waals surface area contributed by atoms with Crippen molar-refractivity contribution in [2.45, 2.75) is 36.9 Å². The Labute approximate surface area is 240 Å². The van der Waals surface area contributed by atoms with Crippen LogP contribution in [0.5, 0.6) is 0 Å². The Bertz CT molecular complexity index is 1700. The number of aromatic amines is 1. The van der Waals surface area contributed by atoms with Crippen molar-refractivity contribution in [2.24, 2.45) is 0 Å². The lowest BCUT2D eigenvalue weighted by molar-refractivity contribution is 0.0843. The molecule has 3 heterocycles. The third-order valence-electron chi connectivity index (χ3n) is 8.18. The van der Waals surface area contributed by atoms with Crippen LogP contribution in [-0.2, 0) is 15.9 Å². The van der Waals surface area contributed by atoms with Gasteiger partial charge in [-0.2, -0.15) is 5.10 Å². The zero-order chi connectivity index (χ0) is 27.9. The number of H-pyrrole nitrogens is 1. The van der Waals surface area contributed by atoms with Gasteiger partial charge in [0.15, 0.2) is 0 Å². The van der Waals surface area contributed by atoms with Crippen molar-refractivity contribution >= 4 is 38.9 Å². The van der Waals surface area contributed by atoms with E-state index < -0.39 is 11.2 Å². The molecule has 41 heavy (non-hydrogen) atoms. The summed E-state index contributed by atoms with van der Waals surface area (Å²) in [5, 5.41) is 12.6. The Morgan fingerprint density at radius 2 is 1.83 bits per heavy atom. The van der Waals surface area contributed by atoms with Crippen LogP contribution in [-0.4, -0.2) is 56.0 Å². The summed E-state index contributed by atoms with van der Waals surface area (Å²) in [6.45, 7) is 1.78. The highest BCUT2D eigenvalue weighted by molar-refractivity contribution is 7.92. The molecule has 2 aromatic heterocycles. The fraction of sp³-hybridized carbons (Fsp3) is 0.312. The molecule has 0 spiro atoms. The fourth-order valence-electron chi connectivity index (χ4n) is 5.93. The maximum absolute atomic E-state index is 14.0. The topological polar surface area (TPSA) is 95.0 Å². The molecule has 0 radical (unpaired) electrons. The largest absolute Gasteiger partial charge is 0.616 e. The minimum absolute atomic E-state index is 0.165. The van der Waals surface area contributed by atoms with Gasteiger partial charge < -0.3 is 19.2 Å². The van der Waals surface area contributed by atoms with Crippen LogP contribution in [0.4, 0.5) is 4.39 Å². The molecule has 210 valence electrons. The second-order valence-electron chi connectivity index (χ2n) is 10.9. The quantitative estimate of drug-likeness (QED) is 0.229. The van der Waals surface area contributed by atoms with Crippen LogP contribution in [0.3, 0.4) is 0 Å². The number of rotatable bonds is 8. The minimum atomic E-state index is -0.857. The van der Waals surface area contributed by atoms with Crippen LogP contribution in [0.2, 0.25) is 0 Å². The molecule has 1 unspecified atom stereocenters. The Kier molecular flexibility index (Phi) is 7.02. The number of carbonyl (C=O) groups excluding carboxylic acids is 1. The van der Waals surface area contributed by atoms with Crippen molar-refractivity contribution in [3.05, 3.63) is 83.9 Å². The minimum Gasteiger partial charge on any atom is -0.616 e. The number of nitrogens with zero attached hydrogens (tertiary/aromatic N) is 2. The van der Waals surface area contributed by atoms with Crippen LogP contribution >= 0.6 is 0 Å². The maximum Gasteiger partial charge on any atom is 0.251 e. The normalized spacial score (nSPS) is 16.8. The zero-order valence-corrected chi connectivity index (χ0v) is 23.4. The second-order valence-corrected chi connectivity index (χ2v) is 12.7. The molecule has 1 saturated heterocycles. The van der Waals surface area contributed by atoms with Crippen molar-refractivity contribution in [2.75, 3.05) is 25.5 Å². The number of hydrogen-bond donors (Lipinski definition) is 2. The van der Waals surface area contributed by atoms with Crippen molar-refractivity contribution in [3.63, 3.8) is 0 Å². The first-order valence-corrected chi connectivity index (χ1v) is 15.6. The van der Waals surface area contributed by atoms with E-state index in [1.165, 1.54) is 12.1 Å². The molecule has 1 aliphatic heterocycles. The van der Waals surface area contributed by atoms with Crippen LogP contribution < -0.4 is 5.32 Å². The van der Waals surface area contributed by atoms with E-state index in [4.69, 9.17) is 4.74 Å². The first-order valence-electron chi connectivity index (χ1n) is 14.2. The Morgan fingerprint density at radius 3 is 2.56 bits per heavy atom. The van der Waals surface area contributed by atoms with E-state index in [9.17, 15) is 13.7 Å². The maximum atomic E-state index is 14.0. The van der Waals surface area contributed by atoms with Gasteiger partial charge in [-0.05, 0) is 91.0 Å². The summed E-state index contributed by atoms with van der Waals surface area (Å²) in [5.41, 5.74) is 6.68. The molecule has 7 nitrogen and oxygen atoms in total. The van der Waals surface area contributed by atoms with Gasteiger partial charge in [-0.3, -0.25) is 9.89 Å². The summed E-state index contributed by atoms with van der Waals surface area (Å²) in [7, 11) is 0. The van der Waals surface area contributed by atoms with Crippen molar-refractivity contribution < 1.29 is 18.5 Å². The number of carbonyl (C=O) groups is 1. The van der Waals surface area contributed by atoms with E-state index in [-0.39, 0.29) is 17.6 Å². The van der Waals surface area contributed by atoms with E-state index in [1.807, 2.05) is 42.6 Å². The molecule has 3 aromatic carbocycles. The first-order chi connectivity index (χ1) is 20.1. The van der Waals surface area contributed by atoms with Gasteiger partial charge in [-0.15, -0.1) is 0 Å².